The summed E-state index contributed by atoms with van der Waals surface area (Å²) in [4.78, 5) is 11.5. The van der Waals surface area contributed by atoms with Crippen LogP contribution in [0, 0.1) is 0 Å². The lowest BCUT2D eigenvalue weighted by atomic mass is 10.3. The molecule has 0 bridgehead atoms. The van der Waals surface area contributed by atoms with Crippen molar-refractivity contribution in [2.24, 2.45) is 0 Å². The minimum absolute atomic E-state index is 0.103. The molecule has 0 fully saturated rings. The van der Waals surface area contributed by atoms with Gasteiger partial charge in [0.15, 0.2) is 11.5 Å². The largest absolute Gasteiger partial charge is 0.454 e. The van der Waals surface area contributed by atoms with Crippen LogP contribution in [0.25, 0.3) is 0 Å². The molecule has 0 aromatic heterocycles. The highest BCUT2D eigenvalue weighted by Crippen LogP contribution is 2.34. The lowest BCUT2D eigenvalue weighted by Crippen LogP contribution is -2.38. The molecular weight excluding hydrogens is 224 g/mol. The molecule has 17 heavy (non-hydrogen) atoms. The Bertz CT molecular complexity index is 422. The van der Waals surface area contributed by atoms with E-state index < -0.39 is 0 Å². The third kappa shape index (κ3) is 2.79. The van der Waals surface area contributed by atoms with E-state index >= 15 is 0 Å². The quantitative estimate of drug-likeness (QED) is 0.731. The lowest BCUT2D eigenvalue weighted by Gasteiger charge is -2.12. The third-order valence-electron chi connectivity index (χ3n) is 2.28. The Labute approximate surface area is 98.5 Å². The summed E-state index contributed by atoms with van der Waals surface area (Å²) in [5.41, 5.74) is 0.608. The molecule has 0 unspecified atom stereocenters. The number of urea groups is 1. The SMILES string of the molecule is C[C@@H](CO)NC(=O)Nc1ccc2c(c1)OCO2. The second-order valence-corrected chi connectivity index (χ2v) is 3.75. The maximum absolute atomic E-state index is 11.5. The fourth-order valence-electron chi connectivity index (χ4n) is 1.41. The van der Waals surface area contributed by atoms with Crippen LogP contribution < -0.4 is 20.1 Å². The van der Waals surface area contributed by atoms with E-state index in [0.717, 1.165) is 0 Å². The average molecular weight is 238 g/mol. The van der Waals surface area contributed by atoms with Gasteiger partial charge < -0.3 is 25.2 Å². The van der Waals surface area contributed by atoms with Gasteiger partial charge in [-0.25, -0.2) is 4.79 Å². The molecule has 1 heterocycles. The molecule has 2 amide bonds. The van der Waals surface area contributed by atoms with Gasteiger partial charge in [0.2, 0.25) is 6.79 Å². The van der Waals surface area contributed by atoms with Crippen molar-refractivity contribution in [2.45, 2.75) is 13.0 Å². The second-order valence-electron chi connectivity index (χ2n) is 3.75. The van der Waals surface area contributed by atoms with Crippen LogP contribution in [0.15, 0.2) is 18.2 Å². The molecule has 0 saturated heterocycles. The highest BCUT2D eigenvalue weighted by atomic mass is 16.7. The minimum atomic E-state index is -0.370. The topological polar surface area (TPSA) is 79.8 Å². The van der Waals surface area contributed by atoms with E-state index in [0.29, 0.717) is 17.2 Å². The Balaban J connectivity index is 1.97. The van der Waals surface area contributed by atoms with Gasteiger partial charge in [0.1, 0.15) is 0 Å². The second kappa shape index (κ2) is 4.92. The molecule has 0 radical (unpaired) electrons. The van der Waals surface area contributed by atoms with E-state index in [1.807, 2.05) is 0 Å². The normalized spacial score (nSPS) is 14.2. The van der Waals surface area contributed by atoms with Gasteiger partial charge in [0, 0.05) is 11.8 Å². The van der Waals surface area contributed by atoms with Gasteiger partial charge in [-0.05, 0) is 19.1 Å². The van der Waals surface area contributed by atoms with Crippen LogP contribution >= 0.6 is 0 Å². The van der Waals surface area contributed by atoms with Gasteiger partial charge in [-0.15, -0.1) is 0 Å². The fraction of sp³-hybridized carbons (Fsp3) is 0.364. The van der Waals surface area contributed by atoms with E-state index in [1.54, 1.807) is 25.1 Å². The number of hydrogen-bond acceptors (Lipinski definition) is 4. The molecular formula is C11H14N2O4. The molecule has 0 saturated carbocycles. The van der Waals surface area contributed by atoms with E-state index in [-0.39, 0.29) is 25.5 Å². The number of benzene rings is 1. The van der Waals surface area contributed by atoms with Crippen LogP contribution in [0.5, 0.6) is 11.5 Å². The molecule has 2 rings (SSSR count). The first-order valence-electron chi connectivity index (χ1n) is 5.27. The fourth-order valence-corrected chi connectivity index (χ4v) is 1.41. The number of hydrogen-bond donors (Lipinski definition) is 3. The Morgan fingerprint density at radius 2 is 2.24 bits per heavy atom. The Kier molecular flexibility index (Phi) is 3.34. The number of fused-ring (bicyclic) bond motifs is 1. The summed E-state index contributed by atoms with van der Waals surface area (Å²) in [7, 11) is 0. The summed E-state index contributed by atoms with van der Waals surface area (Å²) in [5.74, 6) is 1.28. The van der Waals surface area contributed by atoms with Crippen LogP contribution in [0.2, 0.25) is 0 Å². The Morgan fingerprint density at radius 1 is 1.47 bits per heavy atom. The zero-order valence-electron chi connectivity index (χ0n) is 9.40. The highest BCUT2D eigenvalue weighted by Gasteiger charge is 2.14. The van der Waals surface area contributed by atoms with Crippen LogP contribution in [0.3, 0.4) is 0 Å². The summed E-state index contributed by atoms with van der Waals surface area (Å²) in [6, 6.07) is 4.48. The number of anilines is 1. The van der Waals surface area contributed by atoms with Crippen molar-refractivity contribution in [3.63, 3.8) is 0 Å². The zero-order chi connectivity index (χ0) is 12.3. The van der Waals surface area contributed by atoms with Gasteiger partial charge >= 0.3 is 6.03 Å². The molecule has 6 heteroatoms. The van der Waals surface area contributed by atoms with Crippen molar-refractivity contribution in [3.05, 3.63) is 18.2 Å². The van der Waals surface area contributed by atoms with Gasteiger partial charge in [-0.2, -0.15) is 0 Å². The van der Waals surface area contributed by atoms with Gasteiger partial charge in [0.05, 0.1) is 12.6 Å². The summed E-state index contributed by atoms with van der Waals surface area (Å²) in [6.45, 7) is 1.81. The first kappa shape index (κ1) is 11.5. The van der Waals surface area contributed by atoms with Gasteiger partial charge in [0.25, 0.3) is 0 Å². The maximum Gasteiger partial charge on any atom is 0.319 e. The standard InChI is InChI=1S/C11H14N2O4/c1-7(5-14)12-11(15)13-8-2-3-9-10(4-8)17-6-16-9/h2-4,7,14H,5-6H2,1H3,(H2,12,13,15)/t7-/m0/s1. The summed E-state index contributed by atoms with van der Waals surface area (Å²) in [6.07, 6.45) is 0. The molecule has 1 aromatic rings. The Morgan fingerprint density at radius 3 is 3.00 bits per heavy atom. The van der Waals surface area contributed by atoms with Crippen LogP contribution in [0.4, 0.5) is 10.5 Å². The number of aliphatic hydroxyl groups is 1. The third-order valence-corrected chi connectivity index (χ3v) is 2.28. The number of carbonyl (C=O) groups is 1. The van der Waals surface area contributed by atoms with Crippen molar-refractivity contribution in [1.29, 1.82) is 0 Å². The number of carbonyl (C=O) groups excluding carboxylic acids is 1. The molecule has 6 nitrogen and oxygen atoms in total. The van der Waals surface area contributed by atoms with Gasteiger partial charge in [-0.1, -0.05) is 0 Å². The van der Waals surface area contributed by atoms with E-state index in [2.05, 4.69) is 10.6 Å². The molecule has 0 aliphatic carbocycles. The summed E-state index contributed by atoms with van der Waals surface area (Å²) in [5, 5.41) is 14.0. The predicted octanol–water partition coefficient (Wildman–Crippen LogP) is 0.918. The zero-order valence-corrected chi connectivity index (χ0v) is 9.40. The van der Waals surface area contributed by atoms with Crippen molar-refractivity contribution in [2.75, 3.05) is 18.7 Å². The monoisotopic (exact) mass is 238 g/mol. The van der Waals surface area contributed by atoms with E-state index in [1.165, 1.54) is 0 Å². The number of ether oxygens (including phenoxy) is 2. The Hall–Kier alpha value is -1.95. The highest BCUT2D eigenvalue weighted by molar-refractivity contribution is 5.89. The van der Waals surface area contributed by atoms with Crippen molar-refractivity contribution < 1.29 is 19.4 Å². The molecule has 1 aliphatic heterocycles. The smallest absolute Gasteiger partial charge is 0.319 e. The van der Waals surface area contributed by atoms with Crippen molar-refractivity contribution >= 4 is 11.7 Å². The number of nitrogens with one attached hydrogen (secondary N) is 2. The maximum atomic E-state index is 11.5. The first-order valence-corrected chi connectivity index (χ1v) is 5.27. The van der Waals surface area contributed by atoms with E-state index in [4.69, 9.17) is 14.6 Å². The summed E-state index contributed by atoms with van der Waals surface area (Å²) < 4.78 is 10.3. The lowest BCUT2D eigenvalue weighted by molar-refractivity contribution is 0.174. The summed E-state index contributed by atoms with van der Waals surface area (Å²) >= 11 is 0. The first-order chi connectivity index (χ1) is 8.19. The number of aliphatic hydroxyl groups excluding tert-OH is 1. The molecule has 3 N–H and O–H groups in total. The van der Waals surface area contributed by atoms with E-state index in [9.17, 15) is 4.79 Å². The molecule has 0 spiro atoms. The van der Waals surface area contributed by atoms with Crippen LogP contribution in [0.1, 0.15) is 6.92 Å². The van der Waals surface area contributed by atoms with Crippen LogP contribution in [-0.4, -0.2) is 30.6 Å². The van der Waals surface area contributed by atoms with Crippen LogP contribution in [-0.2, 0) is 0 Å². The average Bonchev–Trinajstić information content (AvgIpc) is 2.75. The molecule has 1 aliphatic rings. The predicted molar refractivity (Wildman–Crippen MR) is 61.3 cm³/mol. The number of rotatable bonds is 3. The van der Waals surface area contributed by atoms with Crippen molar-refractivity contribution in [3.8, 4) is 11.5 Å². The molecule has 92 valence electrons. The number of amides is 2. The molecule has 1 atom stereocenters. The van der Waals surface area contributed by atoms with Gasteiger partial charge in [-0.3, -0.25) is 0 Å². The van der Waals surface area contributed by atoms with Crippen molar-refractivity contribution in [1.82, 2.24) is 5.32 Å². The molecule has 1 aromatic carbocycles. The minimum Gasteiger partial charge on any atom is -0.454 e.